The first-order chi connectivity index (χ1) is 10.6. The van der Waals surface area contributed by atoms with Crippen LogP contribution < -0.4 is 0 Å². The summed E-state index contributed by atoms with van der Waals surface area (Å²) in [5.41, 5.74) is 2.83. The van der Waals surface area contributed by atoms with E-state index in [0.29, 0.717) is 0 Å². The average Bonchev–Trinajstić information content (AvgIpc) is 2.90. The van der Waals surface area contributed by atoms with Gasteiger partial charge >= 0.3 is 0 Å². The summed E-state index contributed by atoms with van der Waals surface area (Å²) in [4.78, 5) is 12.8. The number of rotatable bonds is 3. The zero-order valence-electron chi connectivity index (χ0n) is 11.8. The van der Waals surface area contributed by atoms with Gasteiger partial charge in [0.05, 0.1) is 5.92 Å². The molecule has 1 aliphatic rings. The molecule has 0 saturated heterocycles. The van der Waals surface area contributed by atoms with Crippen LogP contribution in [-0.4, -0.2) is 5.78 Å². The summed E-state index contributed by atoms with van der Waals surface area (Å²) >= 11 is 6.85. The van der Waals surface area contributed by atoms with E-state index in [0.717, 1.165) is 25.6 Å². The monoisotopic (exact) mass is 416 g/mol. The van der Waals surface area contributed by atoms with E-state index in [-0.39, 0.29) is 17.6 Å². The zero-order valence-corrected chi connectivity index (χ0v) is 15.0. The van der Waals surface area contributed by atoms with Crippen molar-refractivity contribution in [3.8, 4) is 0 Å². The lowest BCUT2D eigenvalue weighted by Gasteiger charge is -2.20. The Balaban J connectivity index is 1.93. The Morgan fingerprint density at radius 2 is 1.45 bits per heavy atom. The Morgan fingerprint density at radius 3 is 2.05 bits per heavy atom. The highest BCUT2D eigenvalue weighted by atomic mass is 79.9. The molecule has 2 aromatic carbocycles. The molecule has 0 spiro atoms. The second-order valence-electron chi connectivity index (χ2n) is 5.36. The van der Waals surface area contributed by atoms with Gasteiger partial charge in [0.2, 0.25) is 0 Å². The predicted octanol–water partition coefficient (Wildman–Crippen LogP) is 5.92. The van der Waals surface area contributed by atoms with Crippen LogP contribution in [0.3, 0.4) is 0 Å². The highest BCUT2D eigenvalue weighted by Gasteiger charge is 2.33. The Kier molecular flexibility index (Phi) is 4.46. The van der Waals surface area contributed by atoms with Crippen molar-refractivity contribution in [1.29, 1.82) is 0 Å². The molecule has 1 aliphatic carbocycles. The van der Waals surface area contributed by atoms with Gasteiger partial charge in [-0.1, -0.05) is 74.9 Å². The number of benzene rings is 2. The Labute approximate surface area is 147 Å². The van der Waals surface area contributed by atoms with E-state index in [1.807, 2.05) is 48.6 Å². The number of hydrogen-bond donors (Lipinski definition) is 0. The van der Waals surface area contributed by atoms with Crippen LogP contribution in [-0.2, 0) is 0 Å². The summed E-state index contributed by atoms with van der Waals surface area (Å²) in [6, 6.07) is 15.6. The molecule has 3 rings (SSSR count). The Bertz CT molecular complexity index is 742. The van der Waals surface area contributed by atoms with E-state index in [9.17, 15) is 4.79 Å². The molecule has 0 radical (unpaired) electrons. The maximum atomic E-state index is 12.8. The van der Waals surface area contributed by atoms with E-state index in [2.05, 4.69) is 50.6 Å². The number of hydrogen-bond acceptors (Lipinski definition) is 1. The molecule has 0 saturated carbocycles. The van der Waals surface area contributed by atoms with Crippen LogP contribution in [0.15, 0.2) is 81.8 Å². The summed E-state index contributed by atoms with van der Waals surface area (Å²) in [5, 5.41) is 0. The fraction of sp³-hybridized carbons (Fsp3) is 0.105. The largest absolute Gasteiger partial charge is 0.293 e. The van der Waals surface area contributed by atoms with Crippen LogP contribution in [0, 0.1) is 5.92 Å². The molecule has 110 valence electrons. The van der Waals surface area contributed by atoms with Crippen LogP contribution in [0.1, 0.15) is 21.8 Å². The van der Waals surface area contributed by atoms with Crippen LogP contribution in [0.5, 0.6) is 0 Å². The maximum absolute atomic E-state index is 12.8. The van der Waals surface area contributed by atoms with Crippen molar-refractivity contribution in [3.63, 3.8) is 0 Å². The Morgan fingerprint density at radius 1 is 0.909 bits per heavy atom. The third kappa shape index (κ3) is 3.01. The molecular formula is C19H14Br2O. The van der Waals surface area contributed by atoms with E-state index >= 15 is 0 Å². The van der Waals surface area contributed by atoms with E-state index in [1.54, 1.807) is 0 Å². The van der Waals surface area contributed by atoms with Crippen molar-refractivity contribution < 1.29 is 4.79 Å². The van der Waals surface area contributed by atoms with E-state index in [4.69, 9.17) is 0 Å². The normalized spacial score (nSPS) is 20.4. The van der Waals surface area contributed by atoms with Crippen molar-refractivity contribution in [2.75, 3.05) is 0 Å². The van der Waals surface area contributed by atoms with Gasteiger partial charge in [0.15, 0.2) is 5.78 Å². The summed E-state index contributed by atoms with van der Waals surface area (Å²) in [7, 11) is 0. The minimum Gasteiger partial charge on any atom is -0.293 e. The van der Waals surface area contributed by atoms with Gasteiger partial charge < -0.3 is 0 Å². The smallest absolute Gasteiger partial charge is 0.170 e. The second kappa shape index (κ2) is 6.35. The lowest BCUT2D eigenvalue weighted by Crippen LogP contribution is -2.18. The molecule has 0 aliphatic heterocycles. The third-order valence-corrected chi connectivity index (χ3v) is 4.99. The molecule has 0 bridgehead atoms. The van der Waals surface area contributed by atoms with Gasteiger partial charge in [0.1, 0.15) is 0 Å². The van der Waals surface area contributed by atoms with Gasteiger partial charge in [0.25, 0.3) is 0 Å². The number of ketones is 1. The molecule has 0 amide bonds. The number of allylic oxidation sites excluding steroid dienone is 3. The molecule has 0 heterocycles. The van der Waals surface area contributed by atoms with Crippen LogP contribution in [0.2, 0.25) is 0 Å². The standard InChI is InChI=1S/C19H14Br2O/c1-12-2-11-17(18(12)13-3-7-15(20)8-4-13)19(22)14-5-9-16(21)10-6-14/h2-11,17-18H,1H2/t17-,18+/m0/s1. The topological polar surface area (TPSA) is 17.1 Å². The second-order valence-corrected chi connectivity index (χ2v) is 7.19. The first-order valence-corrected chi connectivity index (χ1v) is 8.57. The molecule has 1 nitrogen and oxygen atoms in total. The number of Topliss-reactive ketones (excluding diaryl/α,β-unsaturated/α-hetero) is 1. The molecule has 2 aromatic rings. The van der Waals surface area contributed by atoms with Gasteiger partial charge in [-0.2, -0.15) is 0 Å². The zero-order chi connectivity index (χ0) is 15.7. The molecule has 0 N–H and O–H groups in total. The fourth-order valence-electron chi connectivity index (χ4n) is 2.81. The summed E-state index contributed by atoms with van der Waals surface area (Å²) in [6.45, 7) is 4.12. The summed E-state index contributed by atoms with van der Waals surface area (Å²) < 4.78 is 2.00. The molecular weight excluding hydrogens is 404 g/mol. The highest BCUT2D eigenvalue weighted by molar-refractivity contribution is 9.10. The van der Waals surface area contributed by atoms with Crippen LogP contribution in [0.4, 0.5) is 0 Å². The van der Waals surface area contributed by atoms with E-state index in [1.165, 1.54) is 0 Å². The van der Waals surface area contributed by atoms with Crippen molar-refractivity contribution in [2.24, 2.45) is 5.92 Å². The lowest BCUT2D eigenvalue weighted by molar-refractivity contribution is 0.0939. The number of carbonyl (C=O) groups excluding carboxylic acids is 1. The molecule has 0 unspecified atom stereocenters. The van der Waals surface area contributed by atoms with Crippen molar-refractivity contribution in [1.82, 2.24) is 0 Å². The summed E-state index contributed by atoms with van der Waals surface area (Å²) in [5.74, 6) is -0.0329. The van der Waals surface area contributed by atoms with Crippen LogP contribution >= 0.6 is 31.9 Å². The van der Waals surface area contributed by atoms with Gasteiger partial charge in [-0.05, 0) is 35.4 Å². The molecule has 22 heavy (non-hydrogen) atoms. The van der Waals surface area contributed by atoms with Gasteiger partial charge in [-0.15, -0.1) is 0 Å². The van der Waals surface area contributed by atoms with E-state index < -0.39 is 0 Å². The van der Waals surface area contributed by atoms with Crippen molar-refractivity contribution >= 4 is 37.6 Å². The number of halogens is 2. The predicted molar refractivity (Wildman–Crippen MR) is 97.1 cm³/mol. The average molecular weight is 418 g/mol. The van der Waals surface area contributed by atoms with Gasteiger partial charge in [0, 0.05) is 20.4 Å². The minimum atomic E-state index is -0.185. The molecule has 3 heteroatoms. The molecule has 2 atom stereocenters. The minimum absolute atomic E-state index is 0.0178. The summed E-state index contributed by atoms with van der Waals surface area (Å²) in [6.07, 6.45) is 3.94. The SMILES string of the molecule is C=C1C=C[C@H](C(=O)c2ccc(Br)cc2)[C@H]1c1ccc(Br)cc1. The van der Waals surface area contributed by atoms with Crippen molar-refractivity contribution in [3.05, 3.63) is 92.9 Å². The van der Waals surface area contributed by atoms with Crippen molar-refractivity contribution in [2.45, 2.75) is 5.92 Å². The third-order valence-electron chi connectivity index (χ3n) is 3.94. The Hall–Kier alpha value is -1.45. The molecule has 0 aromatic heterocycles. The maximum Gasteiger partial charge on any atom is 0.170 e. The highest BCUT2D eigenvalue weighted by Crippen LogP contribution is 2.40. The van der Waals surface area contributed by atoms with Gasteiger partial charge in [-0.25, -0.2) is 0 Å². The lowest BCUT2D eigenvalue weighted by atomic mass is 9.82. The van der Waals surface area contributed by atoms with Crippen LogP contribution in [0.25, 0.3) is 0 Å². The number of carbonyl (C=O) groups is 1. The first-order valence-electron chi connectivity index (χ1n) is 6.98. The quantitative estimate of drug-likeness (QED) is 0.566. The van der Waals surface area contributed by atoms with Gasteiger partial charge in [-0.3, -0.25) is 4.79 Å². The first kappa shape index (κ1) is 15.4. The fourth-order valence-corrected chi connectivity index (χ4v) is 3.34. The molecule has 0 fully saturated rings.